The smallest absolute Gasteiger partial charge is 0.230 e. The Labute approximate surface area is 110 Å². The second-order valence-corrected chi connectivity index (χ2v) is 5.58. The number of amides is 1. The minimum atomic E-state index is -0.358. The molecule has 0 aliphatic carbocycles. The van der Waals surface area contributed by atoms with E-state index in [9.17, 15) is 9.90 Å². The van der Waals surface area contributed by atoms with Crippen molar-refractivity contribution < 1.29 is 9.90 Å². The molecule has 0 bridgehead atoms. The van der Waals surface area contributed by atoms with E-state index in [0.29, 0.717) is 0 Å². The molecule has 0 aliphatic rings. The Morgan fingerprint density at radius 2 is 2.11 bits per heavy atom. The van der Waals surface area contributed by atoms with Crippen LogP contribution in [0.4, 0.5) is 5.69 Å². The molecule has 0 spiro atoms. The fourth-order valence-electron chi connectivity index (χ4n) is 1.90. The lowest BCUT2D eigenvalue weighted by Gasteiger charge is -2.17. The van der Waals surface area contributed by atoms with Gasteiger partial charge in [0.15, 0.2) is 0 Å². The molecule has 0 fully saturated rings. The summed E-state index contributed by atoms with van der Waals surface area (Å²) in [6.07, 6.45) is 0. The molecule has 0 aliphatic heterocycles. The largest absolute Gasteiger partial charge is 0.396 e. The van der Waals surface area contributed by atoms with Crippen LogP contribution in [0.3, 0.4) is 0 Å². The van der Waals surface area contributed by atoms with Crippen LogP contribution in [0.5, 0.6) is 0 Å². The molecule has 0 saturated heterocycles. The van der Waals surface area contributed by atoms with Crippen LogP contribution in [0.1, 0.15) is 13.8 Å². The van der Waals surface area contributed by atoms with Gasteiger partial charge in [-0.1, -0.05) is 32.0 Å². The zero-order valence-electron chi connectivity index (χ0n) is 10.5. The third-order valence-corrected chi connectivity index (χ3v) is 4.04. The van der Waals surface area contributed by atoms with Gasteiger partial charge in [-0.3, -0.25) is 4.79 Å². The van der Waals surface area contributed by atoms with Crippen molar-refractivity contribution in [2.24, 2.45) is 11.8 Å². The average Bonchev–Trinajstić information content (AvgIpc) is 2.73. The topological polar surface area (TPSA) is 49.3 Å². The number of nitrogens with one attached hydrogen (secondary N) is 1. The monoisotopic (exact) mass is 263 g/mol. The highest BCUT2D eigenvalue weighted by molar-refractivity contribution is 7.17. The number of aliphatic hydroxyl groups excluding tert-OH is 1. The summed E-state index contributed by atoms with van der Waals surface area (Å²) in [6.45, 7) is 3.75. The zero-order chi connectivity index (χ0) is 13.1. The van der Waals surface area contributed by atoms with Crippen LogP contribution in [-0.2, 0) is 4.79 Å². The van der Waals surface area contributed by atoms with Crippen molar-refractivity contribution in [1.82, 2.24) is 0 Å². The van der Waals surface area contributed by atoms with E-state index >= 15 is 0 Å². The Balaban J connectivity index is 2.21. The number of hydrogen-bond donors (Lipinski definition) is 2. The van der Waals surface area contributed by atoms with Crippen LogP contribution >= 0.6 is 11.3 Å². The van der Waals surface area contributed by atoms with Crippen LogP contribution in [0.2, 0.25) is 0 Å². The van der Waals surface area contributed by atoms with Gasteiger partial charge >= 0.3 is 0 Å². The maximum atomic E-state index is 12.1. The van der Waals surface area contributed by atoms with Crippen molar-refractivity contribution >= 4 is 33.0 Å². The SMILES string of the molecule is CC(C)C(CO)C(=O)Nc1csc2ccccc12. The predicted octanol–water partition coefficient (Wildman–Crippen LogP) is 3.10. The molecular weight excluding hydrogens is 246 g/mol. The summed E-state index contributed by atoms with van der Waals surface area (Å²) >= 11 is 1.61. The number of carbonyl (C=O) groups is 1. The van der Waals surface area contributed by atoms with Crippen LogP contribution in [0, 0.1) is 11.8 Å². The Morgan fingerprint density at radius 3 is 2.78 bits per heavy atom. The van der Waals surface area contributed by atoms with Gasteiger partial charge in [0.25, 0.3) is 0 Å². The van der Waals surface area contributed by atoms with E-state index in [1.807, 2.05) is 43.5 Å². The van der Waals surface area contributed by atoms with Gasteiger partial charge in [-0.05, 0) is 12.0 Å². The first-order valence-electron chi connectivity index (χ1n) is 6.01. The van der Waals surface area contributed by atoms with Crippen molar-refractivity contribution in [2.45, 2.75) is 13.8 Å². The first-order valence-corrected chi connectivity index (χ1v) is 6.89. The van der Waals surface area contributed by atoms with E-state index in [1.165, 1.54) is 0 Å². The second-order valence-electron chi connectivity index (χ2n) is 4.67. The lowest BCUT2D eigenvalue weighted by Crippen LogP contribution is -2.29. The lowest BCUT2D eigenvalue weighted by molar-refractivity contribution is -0.122. The van der Waals surface area contributed by atoms with Crippen LogP contribution in [0.25, 0.3) is 10.1 Å². The number of rotatable bonds is 4. The summed E-state index contributed by atoms with van der Waals surface area (Å²) < 4.78 is 1.15. The molecule has 3 nitrogen and oxygen atoms in total. The van der Waals surface area contributed by atoms with Crippen LogP contribution in [-0.4, -0.2) is 17.6 Å². The maximum absolute atomic E-state index is 12.1. The lowest BCUT2D eigenvalue weighted by atomic mass is 9.96. The van der Waals surface area contributed by atoms with Gasteiger partial charge in [-0.25, -0.2) is 0 Å². The fourth-order valence-corrected chi connectivity index (χ4v) is 2.79. The van der Waals surface area contributed by atoms with E-state index in [1.54, 1.807) is 11.3 Å². The molecule has 1 unspecified atom stereocenters. The molecule has 18 heavy (non-hydrogen) atoms. The quantitative estimate of drug-likeness (QED) is 0.890. The van der Waals surface area contributed by atoms with E-state index in [-0.39, 0.29) is 24.3 Å². The van der Waals surface area contributed by atoms with Crippen molar-refractivity contribution in [3.05, 3.63) is 29.6 Å². The van der Waals surface area contributed by atoms with Crippen molar-refractivity contribution in [2.75, 3.05) is 11.9 Å². The molecule has 1 heterocycles. The number of benzene rings is 1. The highest BCUT2D eigenvalue weighted by Crippen LogP contribution is 2.30. The standard InChI is InChI=1S/C14H17NO2S/c1-9(2)11(7-16)14(17)15-12-8-18-13-6-4-3-5-10(12)13/h3-6,8-9,11,16H,7H2,1-2H3,(H,15,17). The van der Waals surface area contributed by atoms with Gasteiger partial charge in [0.1, 0.15) is 0 Å². The summed E-state index contributed by atoms with van der Waals surface area (Å²) in [5, 5.41) is 15.2. The van der Waals surface area contributed by atoms with Gasteiger partial charge in [0.05, 0.1) is 18.2 Å². The van der Waals surface area contributed by atoms with Crippen molar-refractivity contribution in [3.63, 3.8) is 0 Å². The van der Waals surface area contributed by atoms with Gasteiger partial charge in [0.2, 0.25) is 5.91 Å². The predicted molar refractivity (Wildman–Crippen MR) is 75.9 cm³/mol. The second kappa shape index (κ2) is 5.50. The minimum absolute atomic E-state index is 0.115. The maximum Gasteiger partial charge on any atom is 0.230 e. The fraction of sp³-hybridized carbons (Fsp3) is 0.357. The molecule has 2 N–H and O–H groups in total. The van der Waals surface area contributed by atoms with Crippen molar-refractivity contribution in [3.8, 4) is 0 Å². The summed E-state index contributed by atoms with van der Waals surface area (Å²) in [4.78, 5) is 12.1. The third-order valence-electron chi connectivity index (χ3n) is 3.08. The number of thiophene rings is 1. The molecule has 4 heteroatoms. The number of hydrogen-bond acceptors (Lipinski definition) is 3. The van der Waals surface area contributed by atoms with E-state index in [0.717, 1.165) is 15.8 Å². The average molecular weight is 263 g/mol. The molecule has 2 rings (SSSR count). The summed E-state index contributed by atoms with van der Waals surface area (Å²) in [5.74, 6) is -0.348. The highest BCUT2D eigenvalue weighted by atomic mass is 32.1. The number of anilines is 1. The molecule has 0 radical (unpaired) electrons. The molecule has 1 atom stereocenters. The number of fused-ring (bicyclic) bond motifs is 1. The van der Waals surface area contributed by atoms with E-state index in [4.69, 9.17) is 0 Å². The number of aliphatic hydroxyl groups is 1. The number of carbonyl (C=O) groups excluding carboxylic acids is 1. The van der Waals surface area contributed by atoms with Gasteiger partial charge < -0.3 is 10.4 Å². The molecule has 1 aromatic carbocycles. The third kappa shape index (κ3) is 2.54. The van der Waals surface area contributed by atoms with E-state index < -0.39 is 0 Å². The molecule has 1 amide bonds. The van der Waals surface area contributed by atoms with Crippen LogP contribution < -0.4 is 5.32 Å². The summed E-state index contributed by atoms with van der Waals surface area (Å²) in [7, 11) is 0. The van der Waals surface area contributed by atoms with Gasteiger partial charge in [-0.2, -0.15) is 0 Å². The molecule has 1 aromatic heterocycles. The molecule has 96 valence electrons. The molecule has 0 saturated carbocycles. The Bertz CT molecular complexity index is 547. The van der Waals surface area contributed by atoms with E-state index in [2.05, 4.69) is 5.32 Å². The first kappa shape index (κ1) is 13.1. The Kier molecular flexibility index (Phi) is 3.99. The zero-order valence-corrected chi connectivity index (χ0v) is 11.3. The Hall–Kier alpha value is -1.39. The normalized spacial score (nSPS) is 12.9. The van der Waals surface area contributed by atoms with Gasteiger partial charge in [0, 0.05) is 15.5 Å². The van der Waals surface area contributed by atoms with Crippen LogP contribution in [0.15, 0.2) is 29.6 Å². The minimum Gasteiger partial charge on any atom is -0.396 e. The molecule has 2 aromatic rings. The highest BCUT2D eigenvalue weighted by Gasteiger charge is 2.21. The Morgan fingerprint density at radius 1 is 1.39 bits per heavy atom. The van der Waals surface area contributed by atoms with Crippen molar-refractivity contribution in [1.29, 1.82) is 0 Å². The molecular formula is C14H17NO2S. The summed E-state index contributed by atoms with van der Waals surface area (Å²) in [6, 6.07) is 7.96. The van der Waals surface area contributed by atoms with Gasteiger partial charge in [-0.15, -0.1) is 11.3 Å². The first-order chi connectivity index (χ1) is 8.63. The summed E-state index contributed by atoms with van der Waals surface area (Å²) in [5.41, 5.74) is 0.833.